The van der Waals surface area contributed by atoms with Crippen LogP contribution in [0.4, 0.5) is 4.79 Å². The summed E-state index contributed by atoms with van der Waals surface area (Å²) >= 11 is 0. The predicted molar refractivity (Wildman–Crippen MR) is 164 cm³/mol. The summed E-state index contributed by atoms with van der Waals surface area (Å²) in [5.74, 6) is 1.14. The van der Waals surface area contributed by atoms with Crippen LogP contribution in [0.3, 0.4) is 0 Å². The van der Waals surface area contributed by atoms with Gasteiger partial charge in [-0.15, -0.1) is 0 Å². The quantitative estimate of drug-likeness (QED) is 0.134. The van der Waals surface area contributed by atoms with Gasteiger partial charge in [0.1, 0.15) is 5.75 Å². The van der Waals surface area contributed by atoms with Crippen molar-refractivity contribution >= 4 is 27.8 Å². The van der Waals surface area contributed by atoms with E-state index >= 15 is 0 Å². The van der Waals surface area contributed by atoms with Gasteiger partial charge >= 0.3 is 6.16 Å². The second kappa shape index (κ2) is 12.0. The Balaban J connectivity index is 1.17. The highest BCUT2D eigenvalue weighted by molar-refractivity contribution is 5.89. The van der Waals surface area contributed by atoms with Crippen LogP contribution in [0.15, 0.2) is 115 Å². The number of H-pyrrole nitrogens is 1. The van der Waals surface area contributed by atoms with Gasteiger partial charge in [-0.1, -0.05) is 109 Å². The molecule has 0 saturated carbocycles. The van der Waals surface area contributed by atoms with Crippen molar-refractivity contribution in [2.45, 2.75) is 25.7 Å². The van der Waals surface area contributed by atoms with E-state index in [0.717, 1.165) is 51.4 Å². The molecule has 0 amide bonds. The van der Waals surface area contributed by atoms with Crippen LogP contribution in [-0.4, -0.2) is 22.9 Å². The van der Waals surface area contributed by atoms with Gasteiger partial charge in [0.2, 0.25) is 5.88 Å². The maximum atomic E-state index is 11.5. The number of hydrogen-bond donors (Lipinski definition) is 2. The van der Waals surface area contributed by atoms with Crippen molar-refractivity contribution in [3.63, 3.8) is 0 Å². The van der Waals surface area contributed by atoms with Gasteiger partial charge in [-0.3, -0.25) is 0 Å². The number of benzene rings is 5. The summed E-state index contributed by atoms with van der Waals surface area (Å²) in [6.45, 7) is 0.506. The molecule has 5 nitrogen and oxygen atoms in total. The van der Waals surface area contributed by atoms with Crippen LogP contribution in [0, 0.1) is 0 Å². The standard InChI is InChI=1S/C36H31NO4/c38-36(39)41-35-32(16-8-24-40-33-17-7-12-28-11-4-5-14-30(28)33)31-15-6-13-29(34(31)37-35)23-20-25-18-21-27(22-19-25)26-9-2-1-3-10-26/h1-7,9-15,17-19,21-22,37H,8,16,20,23-24H2,(H,38,39). The number of carboxylic acid groups (broad SMARTS) is 1. The first-order valence-corrected chi connectivity index (χ1v) is 13.9. The van der Waals surface area contributed by atoms with E-state index in [-0.39, 0.29) is 5.88 Å². The second-order valence-corrected chi connectivity index (χ2v) is 10.1. The zero-order valence-corrected chi connectivity index (χ0v) is 22.7. The van der Waals surface area contributed by atoms with Gasteiger partial charge in [-0.2, -0.15) is 0 Å². The molecule has 0 aliphatic carbocycles. The van der Waals surface area contributed by atoms with Crippen LogP contribution in [0.25, 0.3) is 32.8 Å². The van der Waals surface area contributed by atoms with Crippen molar-refractivity contribution < 1.29 is 19.4 Å². The molecule has 0 bridgehead atoms. The summed E-state index contributed by atoms with van der Waals surface area (Å²) in [5.41, 5.74) is 6.57. The summed E-state index contributed by atoms with van der Waals surface area (Å²) in [6, 6.07) is 39.4. The Morgan fingerprint density at radius 1 is 0.683 bits per heavy atom. The lowest BCUT2D eigenvalue weighted by Crippen LogP contribution is -2.06. The number of aromatic amines is 1. The van der Waals surface area contributed by atoms with E-state index in [0.29, 0.717) is 19.4 Å². The Morgan fingerprint density at radius 3 is 2.22 bits per heavy atom. The van der Waals surface area contributed by atoms with Gasteiger partial charge < -0.3 is 19.6 Å². The summed E-state index contributed by atoms with van der Waals surface area (Å²) in [7, 11) is 0. The second-order valence-electron chi connectivity index (χ2n) is 10.1. The molecule has 0 fully saturated rings. The van der Waals surface area contributed by atoms with Crippen LogP contribution in [0.5, 0.6) is 11.6 Å². The van der Waals surface area contributed by atoms with Gasteiger partial charge in [0.25, 0.3) is 0 Å². The number of para-hydroxylation sites is 1. The number of aryl methyl sites for hydroxylation is 3. The molecule has 0 spiro atoms. The molecule has 6 rings (SSSR count). The average Bonchev–Trinajstić information content (AvgIpc) is 3.35. The number of aromatic nitrogens is 1. The Morgan fingerprint density at radius 2 is 1.39 bits per heavy atom. The highest BCUT2D eigenvalue weighted by Crippen LogP contribution is 2.33. The largest absolute Gasteiger partial charge is 0.512 e. The number of ether oxygens (including phenoxy) is 2. The minimum atomic E-state index is -1.33. The van der Waals surface area contributed by atoms with E-state index in [1.165, 1.54) is 16.7 Å². The maximum Gasteiger partial charge on any atom is 0.512 e. The topological polar surface area (TPSA) is 71.5 Å². The number of hydrogen-bond acceptors (Lipinski definition) is 3. The maximum absolute atomic E-state index is 11.5. The highest BCUT2D eigenvalue weighted by Gasteiger charge is 2.17. The first kappa shape index (κ1) is 26.2. The third-order valence-corrected chi connectivity index (χ3v) is 7.50. The average molecular weight is 542 g/mol. The smallest absolute Gasteiger partial charge is 0.493 e. The van der Waals surface area contributed by atoms with Crippen LogP contribution in [0.2, 0.25) is 0 Å². The summed E-state index contributed by atoms with van der Waals surface area (Å²) in [5, 5.41) is 12.6. The van der Waals surface area contributed by atoms with E-state index in [4.69, 9.17) is 9.47 Å². The van der Waals surface area contributed by atoms with E-state index in [2.05, 4.69) is 77.8 Å². The molecule has 0 aliphatic rings. The van der Waals surface area contributed by atoms with Crippen LogP contribution in [-0.2, 0) is 19.3 Å². The SMILES string of the molecule is O=C(O)Oc1[nH]c2c(CCc3ccc(-c4ccccc4)cc3)cccc2c1CCCOc1cccc2ccccc12. The van der Waals surface area contributed by atoms with Gasteiger partial charge in [0, 0.05) is 16.3 Å². The first-order valence-electron chi connectivity index (χ1n) is 13.9. The third-order valence-electron chi connectivity index (χ3n) is 7.50. The van der Waals surface area contributed by atoms with Gasteiger partial charge in [-0.05, 0) is 59.4 Å². The summed E-state index contributed by atoms with van der Waals surface area (Å²) in [6.07, 6.45) is 1.70. The van der Waals surface area contributed by atoms with Crippen molar-refractivity contribution in [1.82, 2.24) is 4.98 Å². The van der Waals surface area contributed by atoms with Gasteiger partial charge in [-0.25, -0.2) is 4.79 Å². The van der Waals surface area contributed by atoms with E-state index in [1.807, 2.05) is 42.5 Å². The lowest BCUT2D eigenvalue weighted by Gasteiger charge is -2.10. The zero-order valence-electron chi connectivity index (χ0n) is 22.7. The Bertz CT molecular complexity index is 1780. The molecular formula is C36H31NO4. The molecule has 0 aliphatic heterocycles. The Labute approximate surface area is 239 Å². The Kier molecular flexibility index (Phi) is 7.68. The third kappa shape index (κ3) is 5.94. The number of rotatable bonds is 10. The van der Waals surface area contributed by atoms with Crippen molar-refractivity contribution in [3.05, 3.63) is 132 Å². The lowest BCUT2D eigenvalue weighted by molar-refractivity contribution is 0.142. The van der Waals surface area contributed by atoms with Crippen molar-refractivity contribution in [1.29, 1.82) is 0 Å². The van der Waals surface area contributed by atoms with Crippen molar-refractivity contribution in [2.24, 2.45) is 0 Å². The van der Waals surface area contributed by atoms with E-state index in [1.54, 1.807) is 0 Å². The molecule has 41 heavy (non-hydrogen) atoms. The molecule has 0 radical (unpaired) electrons. The van der Waals surface area contributed by atoms with E-state index in [9.17, 15) is 9.90 Å². The molecular weight excluding hydrogens is 510 g/mol. The fourth-order valence-corrected chi connectivity index (χ4v) is 5.47. The monoisotopic (exact) mass is 541 g/mol. The number of carbonyl (C=O) groups is 1. The fraction of sp³-hybridized carbons (Fsp3) is 0.139. The molecule has 5 heteroatoms. The van der Waals surface area contributed by atoms with Crippen molar-refractivity contribution in [2.75, 3.05) is 6.61 Å². The van der Waals surface area contributed by atoms with Crippen molar-refractivity contribution in [3.8, 4) is 22.8 Å². The van der Waals surface area contributed by atoms with Crippen LogP contribution in [0.1, 0.15) is 23.1 Å². The molecule has 1 aromatic heterocycles. The lowest BCUT2D eigenvalue weighted by atomic mass is 9.98. The van der Waals surface area contributed by atoms with Crippen LogP contribution >= 0.6 is 0 Å². The molecule has 0 saturated heterocycles. The van der Waals surface area contributed by atoms with Gasteiger partial charge in [0.05, 0.1) is 12.1 Å². The summed E-state index contributed by atoms with van der Waals surface area (Å²) in [4.78, 5) is 14.8. The van der Waals surface area contributed by atoms with E-state index < -0.39 is 6.16 Å². The Hall–Kier alpha value is -5.03. The fourth-order valence-electron chi connectivity index (χ4n) is 5.47. The highest BCUT2D eigenvalue weighted by atomic mass is 16.7. The predicted octanol–water partition coefficient (Wildman–Crippen LogP) is 8.84. The van der Waals surface area contributed by atoms with Gasteiger partial charge in [0.15, 0.2) is 0 Å². The van der Waals surface area contributed by atoms with Crippen LogP contribution < -0.4 is 9.47 Å². The molecule has 204 valence electrons. The minimum absolute atomic E-state index is 0.289. The molecule has 6 aromatic rings. The number of fused-ring (bicyclic) bond motifs is 2. The minimum Gasteiger partial charge on any atom is -0.493 e. The summed E-state index contributed by atoms with van der Waals surface area (Å²) < 4.78 is 11.3. The molecule has 5 aromatic carbocycles. The zero-order chi connectivity index (χ0) is 28.0. The first-order chi connectivity index (χ1) is 20.2. The molecule has 0 unspecified atom stereocenters. The number of nitrogens with one attached hydrogen (secondary N) is 1. The molecule has 0 atom stereocenters. The normalized spacial score (nSPS) is 11.1. The molecule has 1 heterocycles. The molecule has 2 N–H and O–H groups in total.